The van der Waals surface area contributed by atoms with Gasteiger partial charge in [0.1, 0.15) is 5.75 Å². The lowest BCUT2D eigenvalue weighted by Gasteiger charge is -2.22. The molecule has 0 saturated carbocycles. The van der Waals surface area contributed by atoms with E-state index in [-0.39, 0.29) is 12.6 Å². The number of nitrogens with one attached hydrogen (secondary N) is 1. The molecule has 0 aliphatic heterocycles. The van der Waals surface area contributed by atoms with Crippen molar-refractivity contribution >= 4 is 0 Å². The van der Waals surface area contributed by atoms with Crippen molar-refractivity contribution in [1.82, 2.24) is 5.32 Å². The van der Waals surface area contributed by atoms with Gasteiger partial charge >= 0.3 is 0 Å². The van der Waals surface area contributed by atoms with E-state index in [1.54, 1.807) is 12.1 Å². The van der Waals surface area contributed by atoms with E-state index in [1.807, 2.05) is 12.1 Å². The Hall–Kier alpha value is -1.06. The van der Waals surface area contributed by atoms with E-state index in [1.165, 1.54) is 0 Å². The molecule has 0 fully saturated rings. The van der Waals surface area contributed by atoms with Crippen molar-refractivity contribution in [3.05, 3.63) is 29.8 Å². The van der Waals surface area contributed by atoms with Crippen LogP contribution in [-0.4, -0.2) is 22.9 Å². The summed E-state index contributed by atoms with van der Waals surface area (Å²) in [4.78, 5) is 0. The summed E-state index contributed by atoms with van der Waals surface area (Å²) in [6.45, 7) is 4.93. The molecule has 1 rings (SSSR count). The molecular formula is C13H21NO2. The summed E-state index contributed by atoms with van der Waals surface area (Å²) in [6.07, 6.45) is 1.03. The third kappa shape index (κ3) is 3.51. The third-order valence-corrected chi connectivity index (χ3v) is 3.07. The zero-order chi connectivity index (χ0) is 12.0. The van der Waals surface area contributed by atoms with Crippen LogP contribution in [0, 0.1) is 5.92 Å². The molecule has 3 nitrogen and oxygen atoms in total. The van der Waals surface area contributed by atoms with Crippen LogP contribution in [0.3, 0.4) is 0 Å². The molecule has 90 valence electrons. The minimum absolute atomic E-state index is 0.0876. The van der Waals surface area contributed by atoms with Gasteiger partial charge in [0.15, 0.2) is 0 Å². The zero-order valence-electron chi connectivity index (χ0n) is 9.98. The Balaban J connectivity index is 2.53. The number of para-hydroxylation sites is 1. The first kappa shape index (κ1) is 13.0. The minimum atomic E-state index is 0.0876. The molecule has 0 aliphatic rings. The molecule has 3 heteroatoms. The normalized spacial score (nSPS) is 14.7. The molecule has 16 heavy (non-hydrogen) atoms. The SMILES string of the molecule is CCC(C)C(CO)NCc1ccccc1O. The average Bonchev–Trinajstić information content (AvgIpc) is 2.31. The number of phenolic OH excluding ortho intramolecular Hbond substituents is 1. The van der Waals surface area contributed by atoms with Crippen molar-refractivity contribution in [3.8, 4) is 5.75 Å². The number of benzene rings is 1. The number of hydrogen-bond acceptors (Lipinski definition) is 3. The van der Waals surface area contributed by atoms with Crippen LogP contribution in [0.4, 0.5) is 0 Å². The predicted molar refractivity (Wildman–Crippen MR) is 65.3 cm³/mol. The van der Waals surface area contributed by atoms with Crippen molar-refractivity contribution in [2.45, 2.75) is 32.9 Å². The van der Waals surface area contributed by atoms with Crippen molar-refractivity contribution in [3.63, 3.8) is 0 Å². The molecule has 0 aromatic heterocycles. The van der Waals surface area contributed by atoms with E-state index >= 15 is 0 Å². The molecule has 1 aromatic carbocycles. The maximum atomic E-state index is 9.59. The standard InChI is InChI=1S/C13H21NO2/c1-3-10(2)12(9-15)14-8-11-6-4-5-7-13(11)16/h4-7,10,12,14-16H,3,8-9H2,1-2H3. The first-order chi connectivity index (χ1) is 7.69. The number of phenols is 1. The summed E-state index contributed by atoms with van der Waals surface area (Å²) in [5.41, 5.74) is 0.865. The van der Waals surface area contributed by atoms with Gasteiger partial charge in [-0.2, -0.15) is 0 Å². The average molecular weight is 223 g/mol. The lowest BCUT2D eigenvalue weighted by Crippen LogP contribution is -2.37. The molecule has 0 spiro atoms. The summed E-state index contributed by atoms with van der Waals surface area (Å²) in [7, 11) is 0. The highest BCUT2D eigenvalue weighted by atomic mass is 16.3. The summed E-state index contributed by atoms with van der Waals surface area (Å²) >= 11 is 0. The summed E-state index contributed by atoms with van der Waals surface area (Å²) in [5.74, 6) is 0.728. The number of aliphatic hydroxyl groups is 1. The highest BCUT2D eigenvalue weighted by Gasteiger charge is 2.14. The Bertz CT molecular complexity index is 315. The Morgan fingerprint density at radius 1 is 1.31 bits per heavy atom. The molecule has 1 aromatic rings. The van der Waals surface area contributed by atoms with E-state index in [2.05, 4.69) is 19.2 Å². The van der Waals surface area contributed by atoms with Crippen molar-refractivity contribution < 1.29 is 10.2 Å². The van der Waals surface area contributed by atoms with Crippen molar-refractivity contribution in [2.24, 2.45) is 5.92 Å². The Morgan fingerprint density at radius 3 is 2.56 bits per heavy atom. The van der Waals surface area contributed by atoms with E-state index in [4.69, 9.17) is 0 Å². The molecule has 0 heterocycles. The number of hydrogen-bond donors (Lipinski definition) is 3. The monoisotopic (exact) mass is 223 g/mol. The first-order valence-electron chi connectivity index (χ1n) is 5.80. The fourth-order valence-electron chi connectivity index (χ4n) is 1.63. The van der Waals surface area contributed by atoms with Gasteiger partial charge in [0.25, 0.3) is 0 Å². The van der Waals surface area contributed by atoms with Gasteiger partial charge in [0.05, 0.1) is 6.61 Å². The fraction of sp³-hybridized carbons (Fsp3) is 0.538. The van der Waals surface area contributed by atoms with Gasteiger partial charge in [-0.05, 0) is 12.0 Å². The number of rotatable bonds is 6. The maximum absolute atomic E-state index is 9.59. The van der Waals surface area contributed by atoms with Gasteiger partial charge in [0, 0.05) is 18.2 Å². The second-order valence-corrected chi connectivity index (χ2v) is 4.18. The molecule has 2 atom stereocenters. The topological polar surface area (TPSA) is 52.5 Å². The second kappa shape index (κ2) is 6.51. The van der Waals surface area contributed by atoms with E-state index in [9.17, 15) is 10.2 Å². The highest BCUT2D eigenvalue weighted by molar-refractivity contribution is 5.31. The van der Waals surface area contributed by atoms with Gasteiger partial charge in [-0.1, -0.05) is 38.5 Å². The van der Waals surface area contributed by atoms with Crippen LogP contribution in [0.2, 0.25) is 0 Å². The lowest BCUT2D eigenvalue weighted by molar-refractivity contribution is 0.200. The molecule has 0 radical (unpaired) electrons. The molecule has 0 bridgehead atoms. The minimum Gasteiger partial charge on any atom is -0.508 e. The van der Waals surface area contributed by atoms with Crippen molar-refractivity contribution in [2.75, 3.05) is 6.61 Å². The van der Waals surface area contributed by atoms with Crippen LogP contribution < -0.4 is 5.32 Å². The predicted octanol–water partition coefficient (Wildman–Crippen LogP) is 1.89. The quantitative estimate of drug-likeness (QED) is 0.690. The second-order valence-electron chi connectivity index (χ2n) is 4.18. The molecule has 0 amide bonds. The molecule has 0 aliphatic carbocycles. The highest BCUT2D eigenvalue weighted by Crippen LogP contribution is 2.16. The number of aromatic hydroxyl groups is 1. The molecule has 0 saturated heterocycles. The fourth-order valence-corrected chi connectivity index (χ4v) is 1.63. The maximum Gasteiger partial charge on any atom is 0.120 e. The smallest absolute Gasteiger partial charge is 0.120 e. The van der Waals surface area contributed by atoms with Gasteiger partial charge in [-0.15, -0.1) is 0 Å². The Morgan fingerprint density at radius 2 is 2.00 bits per heavy atom. The van der Waals surface area contributed by atoms with Crippen LogP contribution in [0.25, 0.3) is 0 Å². The Kier molecular flexibility index (Phi) is 5.29. The van der Waals surface area contributed by atoms with Crippen LogP contribution >= 0.6 is 0 Å². The Labute approximate surface area is 97.1 Å². The van der Waals surface area contributed by atoms with E-state index < -0.39 is 0 Å². The van der Waals surface area contributed by atoms with Crippen LogP contribution in [0.15, 0.2) is 24.3 Å². The van der Waals surface area contributed by atoms with Gasteiger partial charge in [-0.3, -0.25) is 0 Å². The van der Waals surface area contributed by atoms with Crippen molar-refractivity contribution in [1.29, 1.82) is 0 Å². The first-order valence-corrected chi connectivity index (χ1v) is 5.80. The molecular weight excluding hydrogens is 202 g/mol. The summed E-state index contributed by atoms with van der Waals surface area (Å²) in [6, 6.07) is 7.34. The summed E-state index contributed by atoms with van der Waals surface area (Å²) in [5, 5.41) is 22.1. The van der Waals surface area contributed by atoms with Gasteiger partial charge in [-0.25, -0.2) is 0 Å². The largest absolute Gasteiger partial charge is 0.508 e. The summed E-state index contributed by atoms with van der Waals surface area (Å²) < 4.78 is 0. The van der Waals surface area contributed by atoms with E-state index in [0.29, 0.717) is 18.2 Å². The van der Waals surface area contributed by atoms with Gasteiger partial charge < -0.3 is 15.5 Å². The third-order valence-electron chi connectivity index (χ3n) is 3.07. The molecule has 2 unspecified atom stereocenters. The zero-order valence-corrected chi connectivity index (χ0v) is 9.98. The van der Waals surface area contributed by atoms with E-state index in [0.717, 1.165) is 12.0 Å². The molecule has 3 N–H and O–H groups in total. The van der Waals surface area contributed by atoms with Crippen LogP contribution in [-0.2, 0) is 6.54 Å². The number of aliphatic hydroxyl groups excluding tert-OH is 1. The van der Waals surface area contributed by atoms with Crippen LogP contribution in [0.5, 0.6) is 5.75 Å². The van der Waals surface area contributed by atoms with Crippen LogP contribution in [0.1, 0.15) is 25.8 Å². The van der Waals surface area contributed by atoms with Gasteiger partial charge in [0.2, 0.25) is 0 Å². The lowest BCUT2D eigenvalue weighted by atomic mass is 9.99.